The Morgan fingerprint density at radius 3 is 2.52 bits per heavy atom. The predicted octanol–water partition coefficient (Wildman–Crippen LogP) is 3.49. The second-order valence-corrected chi connectivity index (χ2v) is 7.10. The van der Waals surface area contributed by atoms with Crippen LogP contribution in [0.15, 0.2) is 58.9 Å². The van der Waals surface area contributed by atoms with Crippen molar-refractivity contribution in [1.82, 2.24) is 20.0 Å². The number of rotatable bonds is 6. The van der Waals surface area contributed by atoms with Gasteiger partial charge in [-0.25, -0.2) is 15.4 Å². The van der Waals surface area contributed by atoms with Crippen molar-refractivity contribution in [1.29, 1.82) is 0 Å². The number of aryl methyl sites for hydroxylation is 3. The van der Waals surface area contributed by atoms with E-state index in [2.05, 4.69) is 20.5 Å². The van der Waals surface area contributed by atoms with Crippen LogP contribution in [0.5, 0.6) is 0 Å². The molecular formula is C20H21N5OS. The van der Waals surface area contributed by atoms with Crippen LogP contribution in [0, 0.1) is 13.8 Å². The molecule has 0 radical (unpaired) electrons. The van der Waals surface area contributed by atoms with Gasteiger partial charge in [0.2, 0.25) is 0 Å². The highest BCUT2D eigenvalue weighted by molar-refractivity contribution is 7.98. The topological polar surface area (TPSA) is 72.2 Å². The van der Waals surface area contributed by atoms with Crippen LogP contribution in [-0.2, 0) is 12.8 Å². The third-order valence-electron chi connectivity index (χ3n) is 3.89. The molecule has 2 heterocycles. The largest absolute Gasteiger partial charge is 0.350 e. The molecule has 3 aromatic rings. The quantitative estimate of drug-likeness (QED) is 0.308. The summed E-state index contributed by atoms with van der Waals surface area (Å²) in [6, 6.07) is 13.3. The Kier molecular flexibility index (Phi) is 6.03. The minimum atomic E-state index is -0.239. The van der Waals surface area contributed by atoms with Crippen molar-refractivity contribution in [2.75, 3.05) is 0 Å². The van der Waals surface area contributed by atoms with Gasteiger partial charge in [-0.1, -0.05) is 23.9 Å². The van der Waals surface area contributed by atoms with Gasteiger partial charge >= 0.3 is 0 Å². The van der Waals surface area contributed by atoms with Crippen molar-refractivity contribution in [3.05, 3.63) is 76.9 Å². The van der Waals surface area contributed by atoms with Crippen molar-refractivity contribution in [2.45, 2.75) is 24.8 Å². The standard InChI is InChI=1S/C20H21N5OS/c1-14-11-15(2)23-20(22-14)27-13-16-6-8-17(9-7-16)19(26)24-21-12-18-5-4-10-25(18)3/h4-12H,13H2,1-3H3,(H,24,26)/b21-12+. The molecular weight excluding hydrogens is 358 g/mol. The van der Waals surface area contributed by atoms with Crippen LogP contribution in [-0.4, -0.2) is 26.7 Å². The Morgan fingerprint density at radius 2 is 1.89 bits per heavy atom. The van der Waals surface area contributed by atoms with E-state index in [4.69, 9.17) is 0 Å². The van der Waals surface area contributed by atoms with Crippen LogP contribution >= 0.6 is 11.8 Å². The van der Waals surface area contributed by atoms with Crippen molar-refractivity contribution < 1.29 is 4.79 Å². The second kappa shape index (κ2) is 8.64. The van der Waals surface area contributed by atoms with E-state index in [0.717, 1.165) is 33.6 Å². The summed E-state index contributed by atoms with van der Waals surface area (Å²) in [6.45, 7) is 3.93. The Bertz CT molecular complexity index is 943. The van der Waals surface area contributed by atoms with E-state index in [1.165, 1.54) is 0 Å². The lowest BCUT2D eigenvalue weighted by Crippen LogP contribution is -2.17. The summed E-state index contributed by atoms with van der Waals surface area (Å²) < 4.78 is 1.92. The van der Waals surface area contributed by atoms with Crippen LogP contribution in [0.3, 0.4) is 0 Å². The summed E-state index contributed by atoms with van der Waals surface area (Å²) in [5, 5.41) is 4.77. The average molecular weight is 379 g/mol. The van der Waals surface area contributed by atoms with E-state index in [9.17, 15) is 4.79 Å². The summed E-state index contributed by atoms with van der Waals surface area (Å²) in [4.78, 5) is 21.0. The number of benzene rings is 1. The highest BCUT2D eigenvalue weighted by Crippen LogP contribution is 2.20. The zero-order valence-electron chi connectivity index (χ0n) is 15.5. The highest BCUT2D eigenvalue weighted by atomic mass is 32.2. The number of amides is 1. The zero-order valence-corrected chi connectivity index (χ0v) is 16.3. The third-order valence-corrected chi connectivity index (χ3v) is 4.81. The number of carbonyl (C=O) groups excluding carboxylic acids is 1. The maximum atomic E-state index is 12.2. The number of hydrazone groups is 1. The van der Waals surface area contributed by atoms with Gasteiger partial charge in [-0.3, -0.25) is 4.79 Å². The molecule has 0 saturated heterocycles. The van der Waals surface area contributed by atoms with Gasteiger partial charge in [0.1, 0.15) is 0 Å². The monoisotopic (exact) mass is 379 g/mol. The van der Waals surface area contributed by atoms with Gasteiger partial charge in [-0.15, -0.1) is 0 Å². The number of nitrogens with zero attached hydrogens (tertiary/aromatic N) is 4. The molecule has 0 atom stereocenters. The first-order chi connectivity index (χ1) is 13.0. The van der Waals surface area contributed by atoms with Crippen molar-refractivity contribution in [3.8, 4) is 0 Å². The molecule has 2 aromatic heterocycles. The van der Waals surface area contributed by atoms with E-state index in [0.29, 0.717) is 5.56 Å². The summed E-state index contributed by atoms with van der Waals surface area (Å²) in [5.41, 5.74) is 7.06. The van der Waals surface area contributed by atoms with Crippen LogP contribution in [0.2, 0.25) is 0 Å². The molecule has 0 unspecified atom stereocenters. The fourth-order valence-electron chi connectivity index (χ4n) is 2.49. The molecule has 1 N–H and O–H groups in total. The fraction of sp³-hybridized carbons (Fsp3) is 0.200. The smallest absolute Gasteiger partial charge is 0.271 e. The zero-order chi connectivity index (χ0) is 19.2. The normalized spacial score (nSPS) is 11.1. The first kappa shape index (κ1) is 18.8. The molecule has 0 aliphatic rings. The van der Waals surface area contributed by atoms with E-state index in [1.807, 2.05) is 62.0 Å². The molecule has 1 amide bonds. The van der Waals surface area contributed by atoms with Gasteiger partial charge in [0, 0.05) is 35.9 Å². The van der Waals surface area contributed by atoms with Crippen LogP contribution in [0.25, 0.3) is 0 Å². The molecule has 0 spiro atoms. The molecule has 0 aliphatic heterocycles. The van der Waals surface area contributed by atoms with Gasteiger partial charge in [-0.05, 0) is 49.7 Å². The second-order valence-electron chi connectivity index (χ2n) is 6.16. The Balaban J connectivity index is 1.55. The molecule has 6 nitrogen and oxygen atoms in total. The molecule has 0 fully saturated rings. The number of carbonyl (C=O) groups is 1. The van der Waals surface area contributed by atoms with Gasteiger partial charge in [0.05, 0.1) is 11.9 Å². The number of hydrogen-bond acceptors (Lipinski definition) is 5. The minimum Gasteiger partial charge on any atom is -0.350 e. The minimum absolute atomic E-state index is 0.239. The fourth-order valence-corrected chi connectivity index (χ4v) is 3.39. The molecule has 1 aromatic carbocycles. The number of thioether (sulfide) groups is 1. The molecule has 0 aliphatic carbocycles. The van der Waals surface area contributed by atoms with Gasteiger partial charge in [0.15, 0.2) is 5.16 Å². The Hall–Kier alpha value is -2.93. The summed E-state index contributed by atoms with van der Waals surface area (Å²) in [7, 11) is 1.92. The van der Waals surface area contributed by atoms with Crippen molar-refractivity contribution in [3.63, 3.8) is 0 Å². The first-order valence-electron chi connectivity index (χ1n) is 8.50. The predicted molar refractivity (Wildman–Crippen MR) is 108 cm³/mol. The number of aromatic nitrogens is 3. The van der Waals surface area contributed by atoms with Gasteiger partial charge < -0.3 is 4.57 Å². The maximum absolute atomic E-state index is 12.2. The molecule has 3 rings (SSSR count). The van der Waals surface area contributed by atoms with E-state index < -0.39 is 0 Å². The molecule has 0 saturated carbocycles. The summed E-state index contributed by atoms with van der Waals surface area (Å²) in [5.74, 6) is 0.508. The van der Waals surface area contributed by atoms with Crippen molar-refractivity contribution >= 4 is 23.9 Å². The molecule has 0 bridgehead atoms. The van der Waals surface area contributed by atoms with Crippen LogP contribution in [0.1, 0.15) is 33.0 Å². The van der Waals surface area contributed by atoms with Gasteiger partial charge in [0.25, 0.3) is 5.91 Å². The number of hydrogen-bond donors (Lipinski definition) is 1. The van der Waals surface area contributed by atoms with E-state index >= 15 is 0 Å². The lowest BCUT2D eigenvalue weighted by Gasteiger charge is -2.05. The highest BCUT2D eigenvalue weighted by Gasteiger charge is 2.06. The maximum Gasteiger partial charge on any atom is 0.271 e. The summed E-state index contributed by atoms with van der Waals surface area (Å²) in [6.07, 6.45) is 3.54. The molecule has 27 heavy (non-hydrogen) atoms. The molecule has 138 valence electrons. The summed E-state index contributed by atoms with van der Waals surface area (Å²) >= 11 is 1.58. The van der Waals surface area contributed by atoms with Crippen LogP contribution in [0.4, 0.5) is 0 Å². The number of nitrogens with one attached hydrogen (secondary N) is 1. The van der Waals surface area contributed by atoms with E-state index in [-0.39, 0.29) is 5.91 Å². The van der Waals surface area contributed by atoms with Crippen molar-refractivity contribution in [2.24, 2.45) is 12.1 Å². The third kappa shape index (κ3) is 5.27. The molecule has 7 heteroatoms. The average Bonchev–Trinajstić information content (AvgIpc) is 3.04. The lowest BCUT2D eigenvalue weighted by molar-refractivity contribution is 0.0955. The Morgan fingerprint density at radius 1 is 1.19 bits per heavy atom. The first-order valence-corrected chi connectivity index (χ1v) is 9.48. The van der Waals surface area contributed by atoms with E-state index in [1.54, 1.807) is 30.1 Å². The Labute approximate surface area is 162 Å². The van der Waals surface area contributed by atoms with Crippen LogP contribution < -0.4 is 5.43 Å². The lowest BCUT2D eigenvalue weighted by atomic mass is 10.1. The SMILES string of the molecule is Cc1cc(C)nc(SCc2ccc(C(=O)N/N=C/c3cccn3C)cc2)n1. The van der Waals surface area contributed by atoms with Gasteiger partial charge in [-0.2, -0.15) is 5.10 Å².